The highest BCUT2D eigenvalue weighted by Gasteiger charge is 2.19. The molecule has 0 radical (unpaired) electrons. The molecule has 0 aromatic rings. The van der Waals surface area contributed by atoms with Gasteiger partial charge < -0.3 is 14.2 Å². The Morgan fingerprint density at radius 2 is 0.476 bits per heavy atom. The molecule has 472 valence electrons. The van der Waals surface area contributed by atoms with Crippen LogP contribution in [-0.4, -0.2) is 37.2 Å². The van der Waals surface area contributed by atoms with E-state index in [-0.39, 0.29) is 31.1 Å². The average molecular weight is 1140 g/mol. The minimum Gasteiger partial charge on any atom is -0.462 e. The van der Waals surface area contributed by atoms with E-state index in [0.717, 1.165) is 122 Å². The summed E-state index contributed by atoms with van der Waals surface area (Å²) < 4.78 is 17.0. The maximum atomic E-state index is 12.9. The number of esters is 3. The van der Waals surface area contributed by atoms with E-state index in [4.69, 9.17) is 14.2 Å². The van der Waals surface area contributed by atoms with Crippen molar-refractivity contribution >= 4 is 17.9 Å². The second-order valence-corrected chi connectivity index (χ2v) is 23.4. The molecule has 0 N–H and O–H groups in total. The Kier molecular flexibility index (Phi) is 66.7. The summed E-state index contributed by atoms with van der Waals surface area (Å²) >= 11 is 0. The van der Waals surface area contributed by atoms with E-state index < -0.39 is 6.10 Å². The lowest BCUT2D eigenvalue weighted by Gasteiger charge is -2.18. The molecule has 0 amide bonds. The molecule has 1 atom stereocenters. The molecule has 0 aliphatic rings. The van der Waals surface area contributed by atoms with Gasteiger partial charge >= 0.3 is 17.9 Å². The highest BCUT2D eigenvalue weighted by Crippen LogP contribution is 2.17. The Balaban J connectivity index is 4.20. The average Bonchev–Trinajstić information content (AvgIpc) is 3.47. The van der Waals surface area contributed by atoms with Crippen LogP contribution in [0.1, 0.15) is 348 Å². The normalized spacial score (nSPS) is 12.7. The third-order valence-corrected chi connectivity index (χ3v) is 15.3. The SMILES string of the molecule is CC/C=C\C/C=C\C/C=C\C/C=C\C/C=C\CCCCCCCCCCCCCCCCCCCC(=O)OCC(COC(=O)CCCCCCC/C=C\CCCCCCCC)OC(=O)CCCCCCC/C=C\C/C=C\CCCCCC. The lowest BCUT2D eigenvalue weighted by Crippen LogP contribution is -2.30. The summed E-state index contributed by atoms with van der Waals surface area (Å²) in [5.74, 6) is -0.889. The zero-order valence-corrected chi connectivity index (χ0v) is 54.2. The van der Waals surface area contributed by atoms with Crippen molar-refractivity contribution in [3.63, 3.8) is 0 Å². The van der Waals surface area contributed by atoms with E-state index in [1.54, 1.807) is 0 Å². The monoisotopic (exact) mass is 1140 g/mol. The highest BCUT2D eigenvalue weighted by atomic mass is 16.6. The first-order chi connectivity index (χ1) is 40.5. The van der Waals surface area contributed by atoms with Crippen molar-refractivity contribution in [2.24, 2.45) is 0 Å². The van der Waals surface area contributed by atoms with Crippen LogP contribution in [0.25, 0.3) is 0 Å². The van der Waals surface area contributed by atoms with E-state index in [1.165, 1.54) is 186 Å². The summed E-state index contributed by atoms with van der Waals surface area (Å²) in [6.45, 7) is 6.52. The van der Waals surface area contributed by atoms with Crippen LogP contribution < -0.4 is 0 Å². The molecule has 0 aromatic carbocycles. The summed E-state index contributed by atoms with van der Waals surface area (Å²) in [5, 5.41) is 0. The summed E-state index contributed by atoms with van der Waals surface area (Å²) in [6.07, 6.45) is 94.4. The van der Waals surface area contributed by atoms with Crippen molar-refractivity contribution in [3.05, 3.63) is 97.2 Å². The molecular formula is C76H132O6. The number of hydrogen-bond donors (Lipinski definition) is 0. The van der Waals surface area contributed by atoms with Gasteiger partial charge in [-0.25, -0.2) is 0 Å². The number of carbonyl (C=O) groups is 3. The molecule has 82 heavy (non-hydrogen) atoms. The lowest BCUT2D eigenvalue weighted by molar-refractivity contribution is -0.167. The third kappa shape index (κ3) is 67.1. The zero-order chi connectivity index (χ0) is 59.2. The molecule has 0 aliphatic carbocycles. The standard InChI is InChI=1S/C76H132O6/c1-4-7-10-13-16-19-22-25-28-30-31-32-33-34-35-36-37-38-39-40-41-42-43-44-45-46-49-51-54-57-60-63-66-69-75(78)81-72-73(71-80-74(77)68-65-62-59-56-53-50-47-27-24-21-18-15-12-9-6-3)82-76(79)70-67-64-61-58-55-52-48-29-26-23-20-17-14-11-8-5-2/h7,10,16,19-20,23,25,27-29,31-32,34-35,47-48,73H,4-6,8-9,11-15,17-18,21-22,24,26,30,33,36-46,49-72H2,1-3H3/b10-7-,19-16-,23-20-,28-25-,32-31-,35-34-,47-27-,48-29-. The second-order valence-electron chi connectivity index (χ2n) is 23.4. The maximum Gasteiger partial charge on any atom is 0.306 e. The molecule has 0 fully saturated rings. The minimum absolute atomic E-state index is 0.0823. The van der Waals surface area contributed by atoms with E-state index in [9.17, 15) is 14.4 Å². The van der Waals surface area contributed by atoms with Gasteiger partial charge in [0.05, 0.1) is 0 Å². The molecule has 0 spiro atoms. The van der Waals surface area contributed by atoms with Crippen molar-refractivity contribution in [1.29, 1.82) is 0 Å². The van der Waals surface area contributed by atoms with E-state index in [0.29, 0.717) is 19.3 Å². The van der Waals surface area contributed by atoms with Crippen LogP contribution in [0.15, 0.2) is 97.2 Å². The number of allylic oxidation sites excluding steroid dienone is 16. The van der Waals surface area contributed by atoms with Crippen molar-refractivity contribution in [1.82, 2.24) is 0 Å². The van der Waals surface area contributed by atoms with Crippen LogP contribution >= 0.6 is 0 Å². The fraction of sp³-hybridized carbons (Fsp3) is 0.750. The molecule has 0 aromatic heterocycles. The van der Waals surface area contributed by atoms with Crippen LogP contribution in [0, 0.1) is 0 Å². The Morgan fingerprint density at radius 3 is 0.768 bits per heavy atom. The fourth-order valence-corrected chi connectivity index (χ4v) is 10.0. The first-order valence-electron chi connectivity index (χ1n) is 35.2. The van der Waals surface area contributed by atoms with E-state index in [2.05, 4.69) is 118 Å². The molecule has 1 unspecified atom stereocenters. The maximum absolute atomic E-state index is 12.9. The molecular weight excluding hydrogens is 1010 g/mol. The Labute approximate surface area is 508 Å². The van der Waals surface area contributed by atoms with Gasteiger partial charge in [0.25, 0.3) is 0 Å². The fourth-order valence-electron chi connectivity index (χ4n) is 10.0. The van der Waals surface area contributed by atoms with E-state index >= 15 is 0 Å². The number of carbonyl (C=O) groups excluding carboxylic acids is 3. The number of unbranched alkanes of at least 4 members (excludes halogenated alkanes) is 37. The van der Waals surface area contributed by atoms with Gasteiger partial charge in [0.2, 0.25) is 0 Å². The number of rotatable bonds is 64. The van der Waals surface area contributed by atoms with Gasteiger partial charge in [-0.05, 0) is 122 Å². The molecule has 6 heteroatoms. The van der Waals surface area contributed by atoms with Crippen LogP contribution in [-0.2, 0) is 28.6 Å². The molecule has 0 rings (SSSR count). The lowest BCUT2D eigenvalue weighted by atomic mass is 10.0. The molecule has 6 nitrogen and oxygen atoms in total. The van der Waals surface area contributed by atoms with Crippen LogP contribution in [0.4, 0.5) is 0 Å². The molecule has 0 aliphatic heterocycles. The largest absolute Gasteiger partial charge is 0.462 e. The first kappa shape index (κ1) is 78.3. The number of ether oxygens (including phenoxy) is 3. The predicted molar refractivity (Wildman–Crippen MR) is 357 cm³/mol. The quantitative estimate of drug-likeness (QED) is 0.0261. The first-order valence-corrected chi connectivity index (χ1v) is 35.2. The third-order valence-electron chi connectivity index (χ3n) is 15.3. The van der Waals surface area contributed by atoms with Gasteiger partial charge in [0.1, 0.15) is 13.2 Å². The summed E-state index contributed by atoms with van der Waals surface area (Å²) in [4.78, 5) is 38.4. The summed E-state index contributed by atoms with van der Waals surface area (Å²) in [7, 11) is 0. The van der Waals surface area contributed by atoms with Gasteiger partial charge in [0.15, 0.2) is 6.10 Å². The Morgan fingerprint density at radius 1 is 0.256 bits per heavy atom. The van der Waals surface area contributed by atoms with Crippen molar-refractivity contribution in [2.75, 3.05) is 13.2 Å². The zero-order valence-electron chi connectivity index (χ0n) is 54.2. The Hall–Kier alpha value is -3.67. The van der Waals surface area contributed by atoms with Crippen molar-refractivity contribution in [3.8, 4) is 0 Å². The molecule has 0 saturated heterocycles. The van der Waals surface area contributed by atoms with Crippen LogP contribution in [0.2, 0.25) is 0 Å². The highest BCUT2D eigenvalue weighted by molar-refractivity contribution is 5.71. The summed E-state index contributed by atoms with van der Waals surface area (Å²) in [5.41, 5.74) is 0. The van der Waals surface area contributed by atoms with Gasteiger partial charge in [-0.1, -0.05) is 304 Å². The summed E-state index contributed by atoms with van der Waals surface area (Å²) in [6, 6.07) is 0. The minimum atomic E-state index is -0.788. The smallest absolute Gasteiger partial charge is 0.306 e. The molecule has 0 heterocycles. The van der Waals surface area contributed by atoms with E-state index in [1.807, 2.05) is 0 Å². The van der Waals surface area contributed by atoms with Gasteiger partial charge in [-0.15, -0.1) is 0 Å². The molecule has 0 bridgehead atoms. The van der Waals surface area contributed by atoms with Gasteiger partial charge in [-0.3, -0.25) is 14.4 Å². The number of hydrogen-bond acceptors (Lipinski definition) is 6. The van der Waals surface area contributed by atoms with Crippen LogP contribution in [0.3, 0.4) is 0 Å². The van der Waals surface area contributed by atoms with Gasteiger partial charge in [-0.2, -0.15) is 0 Å². The van der Waals surface area contributed by atoms with Crippen molar-refractivity contribution in [2.45, 2.75) is 354 Å². The topological polar surface area (TPSA) is 78.9 Å². The predicted octanol–water partition coefficient (Wildman–Crippen LogP) is 24.4. The van der Waals surface area contributed by atoms with Crippen molar-refractivity contribution < 1.29 is 28.6 Å². The molecule has 0 saturated carbocycles. The second kappa shape index (κ2) is 69.8. The van der Waals surface area contributed by atoms with Gasteiger partial charge in [0, 0.05) is 19.3 Å². The van der Waals surface area contributed by atoms with Crippen LogP contribution in [0.5, 0.6) is 0 Å². The Bertz CT molecular complexity index is 1590.